The highest BCUT2D eigenvalue weighted by Gasteiger charge is 2.17. The Morgan fingerprint density at radius 2 is 1.69 bits per heavy atom. The summed E-state index contributed by atoms with van der Waals surface area (Å²) in [4.78, 5) is 17.4. The van der Waals surface area contributed by atoms with Crippen molar-refractivity contribution in [1.29, 1.82) is 0 Å². The summed E-state index contributed by atoms with van der Waals surface area (Å²) in [5.74, 6) is 2.19. The van der Waals surface area contributed by atoms with Gasteiger partial charge in [0, 0.05) is 12.6 Å². The van der Waals surface area contributed by atoms with Gasteiger partial charge in [0.25, 0.3) is 0 Å². The van der Waals surface area contributed by atoms with Crippen molar-refractivity contribution < 1.29 is 14.3 Å². The molecule has 0 spiro atoms. The average molecular weight is 470 g/mol. The van der Waals surface area contributed by atoms with Gasteiger partial charge in [-0.1, -0.05) is 54.6 Å². The minimum atomic E-state index is -0.236. The van der Waals surface area contributed by atoms with Gasteiger partial charge in [-0.15, -0.1) is 0 Å². The molecule has 0 aliphatic heterocycles. The number of unbranched alkanes of at least 4 members (excludes halogenated alkanes) is 1. The summed E-state index contributed by atoms with van der Waals surface area (Å²) in [6.45, 7) is 3.35. The molecule has 4 aromatic rings. The topological polar surface area (TPSA) is 65.4 Å². The maximum absolute atomic E-state index is 12.6. The van der Waals surface area contributed by atoms with E-state index in [-0.39, 0.29) is 11.9 Å². The number of imidazole rings is 1. The normalized spacial score (nSPS) is 12.1. The van der Waals surface area contributed by atoms with E-state index in [2.05, 4.69) is 16.0 Å². The van der Waals surface area contributed by atoms with Crippen LogP contribution in [0.3, 0.4) is 0 Å². The van der Waals surface area contributed by atoms with Crippen LogP contribution in [0.4, 0.5) is 0 Å². The van der Waals surface area contributed by atoms with Gasteiger partial charge in [-0.2, -0.15) is 0 Å². The van der Waals surface area contributed by atoms with Crippen LogP contribution in [0.5, 0.6) is 11.5 Å². The number of aromatic nitrogens is 2. The number of fused-ring (bicyclic) bond motifs is 1. The van der Waals surface area contributed by atoms with Crippen LogP contribution in [0.15, 0.2) is 84.9 Å². The summed E-state index contributed by atoms with van der Waals surface area (Å²) >= 11 is 0. The van der Waals surface area contributed by atoms with Crippen molar-refractivity contribution >= 4 is 23.0 Å². The Labute approximate surface area is 206 Å². The molecule has 1 N–H and O–H groups in total. The van der Waals surface area contributed by atoms with Crippen molar-refractivity contribution in [2.24, 2.45) is 0 Å². The van der Waals surface area contributed by atoms with E-state index in [0.717, 1.165) is 53.3 Å². The number of amides is 1. The molecular formula is C29H31N3O3. The molecule has 0 saturated heterocycles. The van der Waals surface area contributed by atoms with Crippen LogP contribution in [0.1, 0.15) is 37.2 Å². The number of nitrogens with one attached hydrogen (secondary N) is 1. The molecule has 1 atom stereocenters. The Balaban J connectivity index is 1.39. The van der Waals surface area contributed by atoms with Gasteiger partial charge in [-0.3, -0.25) is 4.79 Å². The van der Waals surface area contributed by atoms with Gasteiger partial charge < -0.3 is 19.4 Å². The van der Waals surface area contributed by atoms with Crippen LogP contribution in [-0.4, -0.2) is 29.2 Å². The Hall–Kier alpha value is -4.06. The van der Waals surface area contributed by atoms with Gasteiger partial charge in [0.15, 0.2) is 11.5 Å². The minimum Gasteiger partial charge on any atom is -0.493 e. The van der Waals surface area contributed by atoms with Crippen molar-refractivity contribution in [1.82, 2.24) is 14.9 Å². The van der Waals surface area contributed by atoms with Crippen LogP contribution in [0.25, 0.3) is 17.1 Å². The number of ether oxygens (including phenoxy) is 2. The molecule has 6 nitrogen and oxygen atoms in total. The van der Waals surface area contributed by atoms with Crippen molar-refractivity contribution in [3.8, 4) is 11.5 Å². The number of rotatable bonds is 11. The number of carbonyl (C=O) groups is 1. The van der Waals surface area contributed by atoms with E-state index in [1.807, 2.05) is 85.8 Å². The Bertz CT molecular complexity index is 1280. The molecule has 0 saturated carbocycles. The van der Waals surface area contributed by atoms with Crippen LogP contribution in [0, 0.1) is 0 Å². The summed E-state index contributed by atoms with van der Waals surface area (Å²) in [6, 6.07) is 25.3. The molecule has 4 rings (SSSR count). The fraction of sp³-hybridized carbons (Fsp3) is 0.241. The molecule has 0 fully saturated rings. The van der Waals surface area contributed by atoms with Gasteiger partial charge >= 0.3 is 0 Å². The lowest BCUT2D eigenvalue weighted by Crippen LogP contribution is -2.27. The third kappa shape index (κ3) is 6.29. The number of hydrogen-bond acceptors (Lipinski definition) is 4. The smallest absolute Gasteiger partial charge is 0.244 e. The molecule has 1 heterocycles. The number of para-hydroxylation sites is 4. The first-order chi connectivity index (χ1) is 17.2. The second-order valence-electron chi connectivity index (χ2n) is 8.29. The lowest BCUT2D eigenvalue weighted by atomic mass is 10.2. The maximum atomic E-state index is 12.6. The van der Waals surface area contributed by atoms with Gasteiger partial charge in [0.1, 0.15) is 5.82 Å². The highest BCUT2D eigenvalue weighted by atomic mass is 16.5. The summed E-state index contributed by atoms with van der Waals surface area (Å²) in [7, 11) is 1.64. The molecule has 1 amide bonds. The van der Waals surface area contributed by atoms with Crippen LogP contribution in [0.2, 0.25) is 0 Å². The second kappa shape index (κ2) is 11.9. The number of nitrogens with zero attached hydrogens (tertiary/aromatic N) is 2. The quantitative estimate of drug-likeness (QED) is 0.223. The number of aryl methyl sites for hydroxylation is 1. The molecule has 180 valence electrons. The Kier molecular flexibility index (Phi) is 8.17. The molecule has 1 aromatic heterocycles. The number of carbonyl (C=O) groups excluding carboxylic acids is 1. The standard InChI is InChI=1S/C29H31N3O3/c1-22(30-28(33)19-18-23-12-4-3-5-13-23)29-31-24-14-6-7-15-25(24)32(29)20-10-11-21-35-27-17-9-8-16-26(27)34-2/h3-9,12-19,22H,10-11,20-21H2,1-2H3,(H,30,33)/b19-18-. The number of hydrogen-bond donors (Lipinski definition) is 1. The van der Waals surface area contributed by atoms with Gasteiger partial charge in [0.2, 0.25) is 5.91 Å². The van der Waals surface area contributed by atoms with Crippen molar-refractivity contribution in [3.63, 3.8) is 0 Å². The van der Waals surface area contributed by atoms with Gasteiger partial charge in [-0.25, -0.2) is 4.98 Å². The lowest BCUT2D eigenvalue weighted by Gasteiger charge is -2.16. The summed E-state index contributed by atoms with van der Waals surface area (Å²) in [6.07, 6.45) is 5.17. The van der Waals surface area contributed by atoms with E-state index in [1.165, 1.54) is 0 Å². The van der Waals surface area contributed by atoms with E-state index in [4.69, 9.17) is 14.5 Å². The number of methoxy groups -OCH3 is 1. The summed E-state index contributed by atoms with van der Waals surface area (Å²) in [5, 5.41) is 3.06. The Morgan fingerprint density at radius 3 is 2.49 bits per heavy atom. The molecule has 1 unspecified atom stereocenters. The van der Waals surface area contributed by atoms with E-state index in [9.17, 15) is 4.79 Å². The zero-order valence-corrected chi connectivity index (χ0v) is 20.2. The largest absolute Gasteiger partial charge is 0.493 e. The monoisotopic (exact) mass is 469 g/mol. The first kappa shape index (κ1) is 24.1. The molecule has 0 bridgehead atoms. The maximum Gasteiger partial charge on any atom is 0.244 e. The zero-order valence-electron chi connectivity index (χ0n) is 20.2. The zero-order chi connectivity index (χ0) is 24.5. The van der Waals surface area contributed by atoms with E-state index in [1.54, 1.807) is 13.2 Å². The van der Waals surface area contributed by atoms with Crippen molar-refractivity contribution in [2.45, 2.75) is 32.4 Å². The third-order valence-corrected chi connectivity index (χ3v) is 5.76. The van der Waals surface area contributed by atoms with Gasteiger partial charge in [-0.05, 0) is 55.7 Å². The van der Waals surface area contributed by atoms with E-state index < -0.39 is 0 Å². The predicted octanol–water partition coefficient (Wildman–Crippen LogP) is 5.79. The van der Waals surface area contributed by atoms with Crippen LogP contribution >= 0.6 is 0 Å². The molecule has 6 heteroatoms. The summed E-state index contributed by atoms with van der Waals surface area (Å²) in [5.41, 5.74) is 2.97. The van der Waals surface area contributed by atoms with E-state index >= 15 is 0 Å². The fourth-order valence-electron chi connectivity index (χ4n) is 4.01. The fourth-order valence-corrected chi connectivity index (χ4v) is 4.01. The lowest BCUT2D eigenvalue weighted by molar-refractivity contribution is -0.117. The van der Waals surface area contributed by atoms with Crippen LogP contribution in [-0.2, 0) is 11.3 Å². The molecule has 35 heavy (non-hydrogen) atoms. The third-order valence-electron chi connectivity index (χ3n) is 5.76. The van der Waals surface area contributed by atoms with Crippen molar-refractivity contribution in [3.05, 3.63) is 96.3 Å². The Morgan fingerprint density at radius 1 is 0.971 bits per heavy atom. The summed E-state index contributed by atoms with van der Waals surface area (Å²) < 4.78 is 13.5. The van der Waals surface area contributed by atoms with E-state index in [0.29, 0.717) is 6.61 Å². The van der Waals surface area contributed by atoms with Crippen LogP contribution < -0.4 is 14.8 Å². The van der Waals surface area contributed by atoms with Gasteiger partial charge in [0.05, 0.1) is 30.8 Å². The molecule has 0 aliphatic carbocycles. The predicted molar refractivity (Wildman–Crippen MR) is 139 cm³/mol. The molecular weight excluding hydrogens is 438 g/mol. The highest BCUT2D eigenvalue weighted by molar-refractivity contribution is 5.92. The molecule has 3 aromatic carbocycles. The minimum absolute atomic E-state index is 0.148. The second-order valence-corrected chi connectivity index (χ2v) is 8.29. The first-order valence-corrected chi connectivity index (χ1v) is 11.9. The SMILES string of the molecule is COc1ccccc1OCCCCn1c(C(C)NC(=O)/C=C\c2ccccc2)nc2ccccc21. The average Bonchev–Trinajstić information content (AvgIpc) is 3.27. The highest BCUT2D eigenvalue weighted by Crippen LogP contribution is 2.26. The molecule has 0 aliphatic rings. The number of benzene rings is 3. The molecule has 0 radical (unpaired) electrons. The first-order valence-electron chi connectivity index (χ1n) is 11.9. The van der Waals surface area contributed by atoms with Crippen molar-refractivity contribution in [2.75, 3.05) is 13.7 Å².